The summed E-state index contributed by atoms with van der Waals surface area (Å²) in [6.45, 7) is 4.69. The standard InChI is InChI=1S/C20H24N2O5S/c1-3-10-22(28(24,25)17-7-4-15(2)5-8-17)14-20(23)21-16-6-9-18-19(13-16)27-12-11-26-18/h4-9,13H,3,10-12,14H2,1-2H3,(H,21,23). The largest absolute Gasteiger partial charge is 0.486 e. The number of fused-ring (bicyclic) bond motifs is 1. The predicted molar refractivity (Wildman–Crippen MR) is 106 cm³/mol. The van der Waals surface area contributed by atoms with Crippen LogP contribution in [0.2, 0.25) is 0 Å². The molecule has 0 fully saturated rings. The number of sulfonamides is 1. The van der Waals surface area contributed by atoms with Crippen molar-refractivity contribution in [3.63, 3.8) is 0 Å². The summed E-state index contributed by atoms with van der Waals surface area (Å²) >= 11 is 0. The first kappa shape index (κ1) is 20.2. The van der Waals surface area contributed by atoms with Gasteiger partial charge in [0.2, 0.25) is 15.9 Å². The molecule has 7 nitrogen and oxygen atoms in total. The van der Waals surface area contributed by atoms with Gasteiger partial charge in [-0.1, -0.05) is 24.6 Å². The van der Waals surface area contributed by atoms with Gasteiger partial charge < -0.3 is 14.8 Å². The molecule has 8 heteroatoms. The number of hydrogen-bond acceptors (Lipinski definition) is 5. The number of nitrogens with zero attached hydrogens (tertiary/aromatic N) is 1. The van der Waals surface area contributed by atoms with Crippen LogP contribution < -0.4 is 14.8 Å². The topological polar surface area (TPSA) is 84.9 Å². The quantitative estimate of drug-likeness (QED) is 0.767. The maximum absolute atomic E-state index is 12.9. The molecule has 0 saturated heterocycles. The van der Waals surface area contributed by atoms with E-state index in [4.69, 9.17) is 9.47 Å². The lowest BCUT2D eigenvalue weighted by Gasteiger charge is -2.22. The number of ether oxygens (including phenoxy) is 2. The Morgan fingerprint density at radius 1 is 1.07 bits per heavy atom. The van der Waals surface area contributed by atoms with Crippen LogP contribution in [0.3, 0.4) is 0 Å². The van der Waals surface area contributed by atoms with E-state index in [0.29, 0.717) is 36.8 Å². The number of hydrogen-bond donors (Lipinski definition) is 1. The van der Waals surface area contributed by atoms with Crippen LogP contribution in [0.4, 0.5) is 5.69 Å². The van der Waals surface area contributed by atoms with Crippen molar-refractivity contribution in [1.29, 1.82) is 0 Å². The second-order valence-corrected chi connectivity index (χ2v) is 8.50. The molecule has 0 radical (unpaired) electrons. The van der Waals surface area contributed by atoms with Crippen LogP contribution in [0, 0.1) is 6.92 Å². The first-order chi connectivity index (χ1) is 13.4. The number of amides is 1. The van der Waals surface area contributed by atoms with Crippen molar-refractivity contribution >= 4 is 21.6 Å². The normalized spacial score (nSPS) is 13.4. The van der Waals surface area contributed by atoms with Crippen LogP contribution >= 0.6 is 0 Å². The zero-order valence-electron chi connectivity index (χ0n) is 16.0. The molecule has 1 aliphatic rings. The minimum Gasteiger partial charge on any atom is -0.486 e. The van der Waals surface area contributed by atoms with Gasteiger partial charge in [0.1, 0.15) is 13.2 Å². The van der Waals surface area contributed by atoms with E-state index in [1.807, 2.05) is 13.8 Å². The van der Waals surface area contributed by atoms with Gasteiger partial charge in [0, 0.05) is 18.3 Å². The van der Waals surface area contributed by atoms with Crippen LogP contribution in [0.25, 0.3) is 0 Å². The number of carbonyl (C=O) groups excluding carboxylic acids is 1. The third-order valence-corrected chi connectivity index (χ3v) is 6.14. The maximum Gasteiger partial charge on any atom is 0.243 e. The fourth-order valence-corrected chi connectivity index (χ4v) is 4.36. The number of nitrogens with one attached hydrogen (secondary N) is 1. The van der Waals surface area contributed by atoms with Crippen molar-refractivity contribution in [3.05, 3.63) is 48.0 Å². The molecule has 3 rings (SSSR count). The molecule has 1 heterocycles. The average Bonchev–Trinajstić information content (AvgIpc) is 2.68. The van der Waals surface area contributed by atoms with Crippen molar-refractivity contribution < 1.29 is 22.7 Å². The van der Waals surface area contributed by atoms with E-state index in [9.17, 15) is 13.2 Å². The second-order valence-electron chi connectivity index (χ2n) is 6.56. The monoisotopic (exact) mass is 404 g/mol. The van der Waals surface area contributed by atoms with Gasteiger partial charge in [-0.25, -0.2) is 8.42 Å². The molecule has 1 aliphatic heterocycles. The summed E-state index contributed by atoms with van der Waals surface area (Å²) in [7, 11) is -3.75. The van der Waals surface area contributed by atoms with Gasteiger partial charge in [0.25, 0.3) is 0 Å². The minimum atomic E-state index is -3.75. The Morgan fingerprint density at radius 2 is 1.75 bits per heavy atom. The van der Waals surface area contributed by atoms with Crippen molar-refractivity contribution in [2.45, 2.75) is 25.2 Å². The maximum atomic E-state index is 12.9. The molecule has 1 N–H and O–H groups in total. The van der Waals surface area contributed by atoms with E-state index >= 15 is 0 Å². The fraction of sp³-hybridized carbons (Fsp3) is 0.350. The zero-order valence-corrected chi connectivity index (χ0v) is 16.8. The molecule has 0 aliphatic carbocycles. The lowest BCUT2D eigenvalue weighted by atomic mass is 10.2. The first-order valence-electron chi connectivity index (χ1n) is 9.16. The average molecular weight is 404 g/mol. The molecule has 0 spiro atoms. The van der Waals surface area contributed by atoms with Gasteiger partial charge in [-0.2, -0.15) is 4.31 Å². The third kappa shape index (κ3) is 4.63. The number of carbonyl (C=O) groups is 1. The lowest BCUT2D eigenvalue weighted by Crippen LogP contribution is -2.38. The zero-order chi connectivity index (χ0) is 20.1. The highest BCUT2D eigenvalue weighted by molar-refractivity contribution is 7.89. The minimum absolute atomic E-state index is 0.179. The molecule has 0 saturated carbocycles. The van der Waals surface area contributed by atoms with Gasteiger partial charge in [-0.15, -0.1) is 0 Å². The van der Waals surface area contributed by atoms with Gasteiger partial charge in [-0.05, 0) is 37.6 Å². The molecule has 0 bridgehead atoms. The molecule has 28 heavy (non-hydrogen) atoms. The summed E-state index contributed by atoms with van der Waals surface area (Å²) in [5, 5.41) is 2.73. The van der Waals surface area contributed by atoms with Gasteiger partial charge in [0.15, 0.2) is 11.5 Å². The number of anilines is 1. The predicted octanol–water partition coefficient (Wildman–Crippen LogP) is 2.81. The van der Waals surface area contributed by atoms with Gasteiger partial charge in [-0.3, -0.25) is 4.79 Å². The number of aryl methyl sites for hydroxylation is 1. The molecule has 1 amide bonds. The molecular formula is C20H24N2O5S. The molecular weight excluding hydrogens is 380 g/mol. The highest BCUT2D eigenvalue weighted by Crippen LogP contribution is 2.32. The van der Waals surface area contributed by atoms with Crippen LogP contribution in [-0.2, 0) is 14.8 Å². The summed E-state index contributed by atoms with van der Waals surface area (Å²) in [5.41, 5.74) is 1.50. The van der Waals surface area contributed by atoms with E-state index in [2.05, 4.69) is 5.32 Å². The molecule has 2 aromatic carbocycles. The molecule has 2 aromatic rings. The van der Waals surface area contributed by atoms with E-state index < -0.39 is 15.9 Å². The summed E-state index contributed by atoms with van der Waals surface area (Å²) in [6, 6.07) is 11.7. The SMILES string of the molecule is CCCN(CC(=O)Nc1ccc2c(c1)OCCO2)S(=O)(=O)c1ccc(C)cc1. The second kappa shape index (κ2) is 8.62. The summed E-state index contributed by atoms with van der Waals surface area (Å²) in [4.78, 5) is 12.7. The molecule has 0 aromatic heterocycles. The first-order valence-corrected chi connectivity index (χ1v) is 10.6. The summed E-state index contributed by atoms with van der Waals surface area (Å²) < 4.78 is 38.0. The Hall–Kier alpha value is -2.58. The highest BCUT2D eigenvalue weighted by atomic mass is 32.2. The summed E-state index contributed by atoms with van der Waals surface area (Å²) in [5.74, 6) is 0.765. The van der Waals surface area contributed by atoms with Crippen LogP contribution in [0.15, 0.2) is 47.4 Å². The van der Waals surface area contributed by atoms with Crippen LogP contribution in [-0.4, -0.2) is 44.9 Å². The van der Waals surface area contributed by atoms with Crippen molar-refractivity contribution in [1.82, 2.24) is 4.31 Å². The number of benzene rings is 2. The van der Waals surface area contributed by atoms with Gasteiger partial charge >= 0.3 is 0 Å². The van der Waals surface area contributed by atoms with E-state index in [1.165, 1.54) is 4.31 Å². The van der Waals surface area contributed by atoms with Gasteiger partial charge in [0.05, 0.1) is 11.4 Å². The smallest absolute Gasteiger partial charge is 0.243 e. The fourth-order valence-electron chi connectivity index (χ4n) is 2.87. The van der Waals surface area contributed by atoms with Crippen LogP contribution in [0.1, 0.15) is 18.9 Å². The Bertz CT molecular complexity index is 942. The molecule has 150 valence electrons. The summed E-state index contributed by atoms with van der Waals surface area (Å²) in [6.07, 6.45) is 0.600. The Balaban J connectivity index is 1.73. The van der Waals surface area contributed by atoms with E-state index in [-0.39, 0.29) is 18.0 Å². The third-order valence-electron chi connectivity index (χ3n) is 4.28. The molecule has 0 atom stereocenters. The lowest BCUT2D eigenvalue weighted by molar-refractivity contribution is -0.116. The van der Waals surface area contributed by atoms with Crippen molar-refractivity contribution in [2.24, 2.45) is 0 Å². The Morgan fingerprint density at radius 3 is 2.43 bits per heavy atom. The van der Waals surface area contributed by atoms with E-state index in [1.54, 1.807) is 42.5 Å². The Labute approximate surface area is 165 Å². The van der Waals surface area contributed by atoms with Crippen molar-refractivity contribution in [3.8, 4) is 11.5 Å². The van der Waals surface area contributed by atoms with Crippen molar-refractivity contribution in [2.75, 3.05) is 31.6 Å². The molecule has 0 unspecified atom stereocenters. The number of rotatable bonds is 7. The Kier molecular flexibility index (Phi) is 6.21. The van der Waals surface area contributed by atoms with Crippen LogP contribution in [0.5, 0.6) is 11.5 Å². The highest BCUT2D eigenvalue weighted by Gasteiger charge is 2.26. The van der Waals surface area contributed by atoms with E-state index in [0.717, 1.165) is 5.56 Å².